The second-order valence-corrected chi connectivity index (χ2v) is 5.41. The smallest absolute Gasteiger partial charge is 0.283 e. The summed E-state index contributed by atoms with van der Waals surface area (Å²) in [6.07, 6.45) is 5.63. The fourth-order valence-corrected chi connectivity index (χ4v) is 2.25. The van der Waals surface area contributed by atoms with Gasteiger partial charge in [0.15, 0.2) is 4.99 Å². The highest BCUT2D eigenvalue weighted by Crippen LogP contribution is 2.18. The van der Waals surface area contributed by atoms with Crippen LogP contribution in [0, 0.1) is 0 Å². The molecule has 0 heterocycles. The number of anilines is 1. The highest BCUT2D eigenvalue weighted by molar-refractivity contribution is 7.82. The fraction of sp³-hybridized carbons (Fsp3) is 0.467. The van der Waals surface area contributed by atoms with E-state index in [1.54, 1.807) is 0 Å². The van der Waals surface area contributed by atoms with Crippen molar-refractivity contribution < 1.29 is 4.79 Å². The molecule has 1 fully saturated rings. The zero-order valence-electron chi connectivity index (χ0n) is 11.2. The van der Waals surface area contributed by atoms with Crippen LogP contribution in [0.3, 0.4) is 0 Å². The van der Waals surface area contributed by atoms with E-state index in [-0.39, 0.29) is 5.91 Å². The van der Waals surface area contributed by atoms with Crippen LogP contribution < -0.4 is 10.6 Å². The first kappa shape index (κ1) is 14.0. The average molecular weight is 276 g/mol. The Kier molecular flexibility index (Phi) is 4.91. The second kappa shape index (κ2) is 6.66. The van der Waals surface area contributed by atoms with Crippen LogP contribution in [0.5, 0.6) is 0 Å². The van der Waals surface area contributed by atoms with Crippen LogP contribution in [0.4, 0.5) is 5.69 Å². The van der Waals surface area contributed by atoms with E-state index in [1.807, 2.05) is 24.3 Å². The fourth-order valence-electron chi connectivity index (χ4n) is 2.03. The van der Waals surface area contributed by atoms with Crippen molar-refractivity contribution in [1.82, 2.24) is 5.32 Å². The van der Waals surface area contributed by atoms with Gasteiger partial charge >= 0.3 is 0 Å². The molecular weight excluding hydrogens is 256 g/mol. The van der Waals surface area contributed by atoms with Gasteiger partial charge in [-0.2, -0.15) is 0 Å². The third kappa shape index (κ3) is 4.03. The van der Waals surface area contributed by atoms with Gasteiger partial charge in [-0.05, 0) is 43.4 Å². The van der Waals surface area contributed by atoms with E-state index in [0.717, 1.165) is 31.4 Å². The highest BCUT2D eigenvalue weighted by atomic mass is 32.1. The molecule has 102 valence electrons. The van der Waals surface area contributed by atoms with Crippen molar-refractivity contribution in [2.75, 3.05) is 5.32 Å². The largest absolute Gasteiger partial charge is 0.369 e. The van der Waals surface area contributed by atoms with Crippen LogP contribution in [-0.4, -0.2) is 16.9 Å². The summed E-state index contributed by atoms with van der Waals surface area (Å²) in [6, 6.07) is 8.33. The summed E-state index contributed by atoms with van der Waals surface area (Å²) < 4.78 is 0. The molecule has 1 saturated carbocycles. The predicted octanol–water partition coefficient (Wildman–Crippen LogP) is 3.05. The molecule has 0 aliphatic heterocycles. The van der Waals surface area contributed by atoms with Crippen molar-refractivity contribution in [2.45, 2.75) is 45.1 Å². The van der Waals surface area contributed by atoms with E-state index in [2.05, 4.69) is 17.6 Å². The maximum absolute atomic E-state index is 11.9. The lowest BCUT2D eigenvalue weighted by Crippen LogP contribution is -2.43. The maximum Gasteiger partial charge on any atom is 0.283 e. The standard InChI is InChI=1S/C15H20N2OS/c1-2-4-11-7-9-13(10-8-11)16-14(18)15(19)17-12-5-3-6-12/h7-10,12H,2-6H2,1H3,(H,16,18)(H,17,19). The van der Waals surface area contributed by atoms with Crippen LogP contribution in [-0.2, 0) is 11.2 Å². The summed E-state index contributed by atoms with van der Waals surface area (Å²) in [6.45, 7) is 2.15. The summed E-state index contributed by atoms with van der Waals surface area (Å²) in [7, 11) is 0. The quantitative estimate of drug-likeness (QED) is 0.831. The number of nitrogens with one attached hydrogen (secondary N) is 2. The molecule has 1 aromatic rings. The third-order valence-electron chi connectivity index (χ3n) is 3.40. The summed E-state index contributed by atoms with van der Waals surface area (Å²) in [5.41, 5.74) is 2.08. The Hall–Kier alpha value is -1.42. The van der Waals surface area contributed by atoms with Crippen molar-refractivity contribution in [3.8, 4) is 0 Å². The SMILES string of the molecule is CCCc1ccc(NC(=O)C(=S)NC2CCC2)cc1. The topological polar surface area (TPSA) is 41.1 Å². The van der Waals surface area contributed by atoms with Gasteiger partial charge in [-0.15, -0.1) is 0 Å². The monoisotopic (exact) mass is 276 g/mol. The number of benzene rings is 1. The van der Waals surface area contributed by atoms with E-state index in [0.29, 0.717) is 11.0 Å². The lowest BCUT2D eigenvalue weighted by molar-refractivity contribution is -0.110. The minimum Gasteiger partial charge on any atom is -0.369 e. The molecule has 1 amide bonds. The molecule has 0 saturated heterocycles. The Morgan fingerprint density at radius 3 is 2.53 bits per heavy atom. The first-order valence-corrected chi connectivity index (χ1v) is 7.30. The lowest BCUT2D eigenvalue weighted by atomic mass is 9.93. The summed E-state index contributed by atoms with van der Waals surface area (Å²) in [5.74, 6) is -0.217. The predicted molar refractivity (Wildman–Crippen MR) is 82.4 cm³/mol. The number of carbonyl (C=O) groups is 1. The number of amides is 1. The third-order valence-corrected chi connectivity index (χ3v) is 3.70. The summed E-state index contributed by atoms with van der Waals surface area (Å²) in [4.78, 5) is 12.2. The Morgan fingerprint density at radius 1 is 1.32 bits per heavy atom. The first-order valence-electron chi connectivity index (χ1n) is 6.90. The molecule has 2 rings (SSSR count). The number of rotatable bonds is 4. The molecule has 4 heteroatoms. The molecule has 19 heavy (non-hydrogen) atoms. The van der Waals surface area contributed by atoms with Gasteiger partial charge in [-0.3, -0.25) is 4.79 Å². The van der Waals surface area contributed by atoms with Gasteiger partial charge in [0.1, 0.15) is 0 Å². The molecule has 1 aliphatic rings. The molecule has 1 aromatic carbocycles. The zero-order chi connectivity index (χ0) is 13.7. The van der Waals surface area contributed by atoms with Crippen molar-refractivity contribution in [1.29, 1.82) is 0 Å². The molecule has 0 aromatic heterocycles. The molecule has 0 unspecified atom stereocenters. The van der Waals surface area contributed by atoms with Crippen LogP contribution >= 0.6 is 12.2 Å². The van der Waals surface area contributed by atoms with E-state index in [4.69, 9.17) is 12.2 Å². The molecule has 3 nitrogen and oxygen atoms in total. The Balaban J connectivity index is 1.85. The van der Waals surface area contributed by atoms with Gasteiger partial charge in [0.25, 0.3) is 5.91 Å². The summed E-state index contributed by atoms with van der Waals surface area (Å²) >= 11 is 5.10. The summed E-state index contributed by atoms with van der Waals surface area (Å²) in [5, 5.41) is 5.91. The van der Waals surface area contributed by atoms with Crippen molar-refractivity contribution in [2.24, 2.45) is 0 Å². The van der Waals surface area contributed by atoms with Gasteiger partial charge in [0.2, 0.25) is 0 Å². The second-order valence-electron chi connectivity index (χ2n) is 5.00. The van der Waals surface area contributed by atoms with Crippen LogP contribution in [0.15, 0.2) is 24.3 Å². The lowest BCUT2D eigenvalue weighted by Gasteiger charge is -2.27. The van der Waals surface area contributed by atoms with Crippen LogP contribution in [0.1, 0.15) is 38.2 Å². The molecule has 0 bridgehead atoms. The maximum atomic E-state index is 11.9. The number of thiocarbonyl (C=S) groups is 1. The van der Waals surface area contributed by atoms with Gasteiger partial charge in [0.05, 0.1) is 0 Å². The van der Waals surface area contributed by atoms with Crippen LogP contribution in [0.2, 0.25) is 0 Å². The highest BCUT2D eigenvalue weighted by Gasteiger charge is 2.20. The molecular formula is C15H20N2OS. The molecule has 2 N–H and O–H groups in total. The van der Waals surface area contributed by atoms with E-state index in [9.17, 15) is 4.79 Å². The van der Waals surface area contributed by atoms with Crippen molar-refractivity contribution in [3.05, 3.63) is 29.8 Å². The Morgan fingerprint density at radius 2 is 2.00 bits per heavy atom. The minimum absolute atomic E-state index is 0.217. The van der Waals surface area contributed by atoms with Gasteiger partial charge in [0, 0.05) is 11.7 Å². The molecule has 1 aliphatic carbocycles. The zero-order valence-corrected chi connectivity index (χ0v) is 12.1. The van der Waals surface area contributed by atoms with E-state index in [1.165, 1.54) is 12.0 Å². The number of hydrogen-bond acceptors (Lipinski definition) is 2. The number of aryl methyl sites for hydroxylation is 1. The Bertz CT molecular complexity index is 452. The number of carbonyl (C=O) groups excluding carboxylic acids is 1. The van der Waals surface area contributed by atoms with E-state index >= 15 is 0 Å². The average Bonchev–Trinajstić information content (AvgIpc) is 2.36. The first-order chi connectivity index (χ1) is 9.19. The molecule has 0 radical (unpaired) electrons. The molecule has 0 atom stereocenters. The van der Waals surface area contributed by atoms with Crippen LogP contribution in [0.25, 0.3) is 0 Å². The number of hydrogen-bond donors (Lipinski definition) is 2. The molecule has 0 spiro atoms. The Labute approximate surface area is 119 Å². The minimum atomic E-state index is -0.217. The van der Waals surface area contributed by atoms with Gasteiger partial charge < -0.3 is 10.6 Å². The normalized spacial score (nSPS) is 14.6. The van der Waals surface area contributed by atoms with E-state index < -0.39 is 0 Å². The van der Waals surface area contributed by atoms with Crippen molar-refractivity contribution >= 4 is 28.8 Å². The van der Waals surface area contributed by atoms with Crippen molar-refractivity contribution in [3.63, 3.8) is 0 Å². The van der Waals surface area contributed by atoms with Gasteiger partial charge in [-0.1, -0.05) is 37.7 Å². The van der Waals surface area contributed by atoms with Gasteiger partial charge in [-0.25, -0.2) is 0 Å².